The average Bonchev–Trinajstić information content (AvgIpc) is 2.96. The molecule has 0 radical (unpaired) electrons. The first-order valence-corrected chi connectivity index (χ1v) is 14.5. The van der Waals surface area contributed by atoms with Crippen LogP contribution >= 0.6 is 0 Å². The zero-order valence-corrected chi connectivity index (χ0v) is 26.1. The standard InChI is InChI=1S/C29H31NO5.C6H15N/c1-5-18(2)20(4)26-17-25(12-6-19(26)3)35-24-13-8-22(9-14-24)29(34)30-23-11-7-21(27(31)16-23)10-15-28(32)33;1-4-5-6-7(2)3/h6-9,11-14,16-17,31H,5,10,15H2,1-4H3,(H,30,34)(H,32,33);4-6H2,1-3H3/b20-18-;. The molecular weight excluding hydrogens is 528 g/mol. The summed E-state index contributed by atoms with van der Waals surface area (Å²) in [5.74, 6) is 0.0258. The van der Waals surface area contributed by atoms with E-state index in [0.29, 0.717) is 22.6 Å². The number of rotatable bonds is 12. The first kappa shape index (κ1) is 34.1. The maximum Gasteiger partial charge on any atom is 0.303 e. The molecule has 0 aliphatic rings. The molecule has 1 amide bonds. The third-order valence-electron chi connectivity index (χ3n) is 7.05. The van der Waals surface area contributed by atoms with Gasteiger partial charge < -0.3 is 25.2 Å². The summed E-state index contributed by atoms with van der Waals surface area (Å²) < 4.78 is 6.03. The van der Waals surface area contributed by atoms with Gasteiger partial charge in [-0.25, -0.2) is 0 Å². The van der Waals surface area contributed by atoms with Gasteiger partial charge >= 0.3 is 5.97 Å². The molecule has 0 atom stereocenters. The minimum Gasteiger partial charge on any atom is -0.508 e. The van der Waals surface area contributed by atoms with Gasteiger partial charge in [-0.1, -0.05) is 38.0 Å². The molecule has 0 aromatic heterocycles. The van der Waals surface area contributed by atoms with Gasteiger partial charge in [0.25, 0.3) is 5.91 Å². The normalized spacial score (nSPS) is 11.3. The Hall–Kier alpha value is -4.10. The summed E-state index contributed by atoms with van der Waals surface area (Å²) in [6, 6.07) is 17.5. The number of aryl methyl sites for hydroxylation is 2. The van der Waals surface area contributed by atoms with Crippen molar-refractivity contribution in [3.63, 3.8) is 0 Å². The van der Waals surface area contributed by atoms with Gasteiger partial charge in [0.05, 0.1) is 0 Å². The first-order valence-electron chi connectivity index (χ1n) is 14.5. The molecule has 0 bridgehead atoms. The third-order valence-corrected chi connectivity index (χ3v) is 7.05. The van der Waals surface area contributed by atoms with E-state index in [-0.39, 0.29) is 24.5 Å². The fourth-order valence-corrected chi connectivity index (χ4v) is 4.15. The number of phenols is 1. The highest BCUT2D eigenvalue weighted by atomic mass is 16.5. The number of hydrogen-bond donors (Lipinski definition) is 3. The van der Waals surface area contributed by atoms with Gasteiger partial charge in [-0.05, 0) is 125 Å². The molecule has 7 heteroatoms. The molecule has 0 saturated carbocycles. The molecule has 42 heavy (non-hydrogen) atoms. The second kappa shape index (κ2) is 17.0. The second-order valence-corrected chi connectivity index (χ2v) is 10.7. The van der Waals surface area contributed by atoms with Gasteiger partial charge in [-0.15, -0.1) is 0 Å². The van der Waals surface area contributed by atoms with Crippen molar-refractivity contribution in [2.75, 3.05) is 26.0 Å². The van der Waals surface area contributed by atoms with Crippen molar-refractivity contribution in [2.24, 2.45) is 0 Å². The number of carbonyl (C=O) groups excluding carboxylic acids is 1. The number of aliphatic carboxylic acids is 1. The fraction of sp³-hybridized carbons (Fsp3) is 0.371. The van der Waals surface area contributed by atoms with Crippen LogP contribution in [-0.2, 0) is 11.2 Å². The number of amides is 1. The maximum absolute atomic E-state index is 12.6. The number of unbranched alkanes of at least 4 members (excludes halogenated alkanes) is 1. The van der Waals surface area contributed by atoms with Crippen molar-refractivity contribution in [1.29, 1.82) is 0 Å². The predicted octanol–water partition coefficient (Wildman–Crippen LogP) is 8.31. The van der Waals surface area contributed by atoms with Crippen molar-refractivity contribution in [3.05, 3.63) is 88.5 Å². The third kappa shape index (κ3) is 11.1. The zero-order chi connectivity index (χ0) is 31.2. The Bertz CT molecular complexity index is 1360. The number of hydrogen-bond acceptors (Lipinski definition) is 5. The molecule has 0 spiro atoms. The van der Waals surface area contributed by atoms with Gasteiger partial charge in [0.1, 0.15) is 17.2 Å². The van der Waals surface area contributed by atoms with Crippen LogP contribution in [0.25, 0.3) is 5.57 Å². The van der Waals surface area contributed by atoms with Crippen molar-refractivity contribution >= 4 is 23.1 Å². The van der Waals surface area contributed by atoms with Gasteiger partial charge in [-0.3, -0.25) is 9.59 Å². The van der Waals surface area contributed by atoms with E-state index in [4.69, 9.17) is 9.84 Å². The lowest BCUT2D eigenvalue weighted by molar-refractivity contribution is -0.136. The molecule has 0 heterocycles. The quantitative estimate of drug-likeness (QED) is 0.201. The highest BCUT2D eigenvalue weighted by molar-refractivity contribution is 6.04. The van der Waals surface area contributed by atoms with Crippen molar-refractivity contribution < 1.29 is 24.5 Å². The Balaban J connectivity index is 0.000000782. The molecule has 226 valence electrons. The minimum absolute atomic E-state index is 0.0514. The Labute approximate surface area is 250 Å². The molecule has 3 aromatic rings. The Morgan fingerprint density at radius 3 is 2.14 bits per heavy atom. The summed E-state index contributed by atoms with van der Waals surface area (Å²) in [4.78, 5) is 25.6. The molecule has 0 aliphatic heterocycles. The van der Waals surface area contributed by atoms with Crippen molar-refractivity contribution in [2.45, 2.75) is 66.7 Å². The van der Waals surface area contributed by atoms with E-state index in [1.54, 1.807) is 36.4 Å². The van der Waals surface area contributed by atoms with Crippen molar-refractivity contribution in [3.8, 4) is 17.2 Å². The number of anilines is 1. The fourth-order valence-electron chi connectivity index (χ4n) is 4.15. The lowest BCUT2D eigenvalue weighted by Gasteiger charge is -2.13. The van der Waals surface area contributed by atoms with E-state index < -0.39 is 5.97 Å². The number of allylic oxidation sites excluding steroid dienone is 2. The summed E-state index contributed by atoms with van der Waals surface area (Å²) in [7, 11) is 4.21. The minimum atomic E-state index is -0.935. The molecule has 0 fully saturated rings. The molecule has 7 nitrogen and oxygen atoms in total. The summed E-state index contributed by atoms with van der Waals surface area (Å²) in [5.41, 5.74) is 6.32. The number of aromatic hydroxyl groups is 1. The van der Waals surface area contributed by atoms with Crippen LogP contribution in [0, 0.1) is 6.92 Å². The van der Waals surface area contributed by atoms with Crippen LogP contribution in [0.1, 0.15) is 80.4 Å². The van der Waals surface area contributed by atoms with Crippen LogP contribution in [-0.4, -0.2) is 47.6 Å². The largest absolute Gasteiger partial charge is 0.508 e. The Kier molecular flexibility index (Phi) is 13.8. The number of benzene rings is 3. The summed E-state index contributed by atoms with van der Waals surface area (Å²) in [6.07, 6.45) is 3.76. The van der Waals surface area contributed by atoms with Gasteiger partial charge in [0.15, 0.2) is 0 Å². The molecule has 3 aromatic carbocycles. The Morgan fingerprint density at radius 2 is 1.60 bits per heavy atom. The molecule has 3 rings (SSSR count). The van der Waals surface area contributed by atoms with Crippen LogP contribution in [0.15, 0.2) is 66.2 Å². The first-order chi connectivity index (χ1) is 19.9. The monoisotopic (exact) mass is 574 g/mol. The van der Waals surface area contributed by atoms with E-state index >= 15 is 0 Å². The summed E-state index contributed by atoms with van der Waals surface area (Å²) >= 11 is 0. The van der Waals surface area contributed by atoms with Gasteiger partial charge in [-0.2, -0.15) is 0 Å². The number of nitrogens with zero attached hydrogens (tertiary/aromatic N) is 1. The van der Waals surface area contributed by atoms with Crippen molar-refractivity contribution in [1.82, 2.24) is 4.90 Å². The van der Waals surface area contributed by atoms with E-state index in [1.165, 1.54) is 42.2 Å². The average molecular weight is 575 g/mol. The number of carbonyl (C=O) groups is 2. The molecule has 0 aliphatic carbocycles. The molecule has 0 unspecified atom stereocenters. The Morgan fingerprint density at radius 1 is 0.929 bits per heavy atom. The SMILES string of the molecule is CC/C(C)=C(/C)c1cc(Oc2ccc(C(=O)Nc3ccc(CCC(=O)O)c(O)c3)cc2)ccc1C.CCCCN(C)C. The predicted molar refractivity (Wildman–Crippen MR) is 172 cm³/mol. The topological polar surface area (TPSA) is 99.1 Å². The van der Waals surface area contributed by atoms with E-state index in [9.17, 15) is 14.7 Å². The van der Waals surface area contributed by atoms with Crippen LogP contribution < -0.4 is 10.1 Å². The smallest absolute Gasteiger partial charge is 0.303 e. The van der Waals surface area contributed by atoms with Crippen LogP contribution in [0.5, 0.6) is 17.2 Å². The van der Waals surface area contributed by atoms with Gasteiger partial charge in [0, 0.05) is 23.7 Å². The molecule has 0 saturated heterocycles. The summed E-state index contributed by atoms with van der Waals surface area (Å²) in [5, 5.41) is 21.6. The lowest BCUT2D eigenvalue weighted by atomic mass is 9.96. The maximum atomic E-state index is 12.6. The van der Waals surface area contributed by atoms with Crippen LogP contribution in [0.2, 0.25) is 0 Å². The van der Waals surface area contributed by atoms with Crippen LogP contribution in [0.4, 0.5) is 5.69 Å². The van der Waals surface area contributed by atoms with Crippen LogP contribution in [0.3, 0.4) is 0 Å². The van der Waals surface area contributed by atoms with Gasteiger partial charge in [0.2, 0.25) is 0 Å². The number of ether oxygens (including phenoxy) is 1. The number of carboxylic acid groups (broad SMARTS) is 1. The summed E-state index contributed by atoms with van der Waals surface area (Å²) in [6.45, 7) is 11.9. The second-order valence-electron chi connectivity index (χ2n) is 10.7. The number of nitrogens with one attached hydrogen (secondary N) is 1. The molecular formula is C35H46N2O5. The zero-order valence-electron chi connectivity index (χ0n) is 26.1. The highest BCUT2D eigenvalue weighted by Gasteiger charge is 2.11. The van der Waals surface area contributed by atoms with E-state index in [2.05, 4.69) is 58.9 Å². The molecule has 3 N–H and O–H groups in total. The van der Waals surface area contributed by atoms with E-state index in [0.717, 1.165) is 17.7 Å². The highest BCUT2D eigenvalue weighted by Crippen LogP contribution is 2.30. The lowest BCUT2D eigenvalue weighted by Crippen LogP contribution is -2.12. The van der Waals surface area contributed by atoms with E-state index in [1.807, 2.05) is 18.2 Å². The number of phenolic OH excluding ortho intramolecular Hbond substituents is 1. The number of carboxylic acids is 1.